The predicted octanol–water partition coefficient (Wildman–Crippen LogP) is 3.98. The van der Waals surface area contributed by atoms with Gasteiger partial charge in [-0.05, 0) is 50.5 Å². The quantitative estimate of drug-likeness (QED) is 0.872. The van der Waals surface area contributed by atoms with Crippen LogP contribution >= 0.6 is 0 Å². The van der Waals surface area contributed by atoms with Crippen LogP contribution in [0.1, 0.15) is 31.4 Å². The molecular weight excluding hydrogens is 262 g/mol. The molecule has 112 valence electrons. The first-order valence-corrected chi connectivity index (χ1v) is 7.48. The van der Waals surface area contributed by atoms with Crippen molar-refractivity contribution in [3.05, 3.63) is 35.4 Å². The Kier molecular flexibility index (Phi) is 5.14. The number of rotatable bonds is 6. The summed E-state index contributed by atoms with van der Waals surface area (Å²) in [5, 5.41) is 12.0. The summed E-state index contributed by atoms with van der Waals surface area (Å²) in [6.45, 7) is 9.86. The first-order valence-electron chi connectivity index (χ1n) is 7.48. The fraction of sp³-hybridized carbons (Fsp3) is 0.412. The summed E-state index contributed by atoms with van der Waals surface area (Å²) in [5.41, 5.74) is 4.25. The molecule has 0 fully saturated rings. The molecule has 1 aromatic carbocycles. The normalized spacial score (nSPS) is 10.5. The van der Waals surface area contributed by atoms with Crippen LogP contribution in [0.5, 0.6) is 5.75 Å². The van der Waals surface area contributed by atoms with E-state index in [0.717, 1.165) is 46.9 Å². The number of benzene rings is 1. The number of aromatic nitrogens is 2. The van der Waals surface area contributed by atoms with Crippen LogP contribution in [-0.4, -0.2) is 23.3 Å². The van der Waals surface area contributed by atoms with Crippen LogP contribution in [0.4, 0.5) is 5.82 Å². The van der Waals surface area contributed by atoms with Crippen molar-refractivity contribution in [1.29, 1.82) is 0 Å². The van der Waals surface area contributed by atoms with Crippen LogP contribution < -0.4 is 10.1 Å². The van der Waals surface area contributed by atoms with Gasteiger partial charge in [-0.3, -0.25) is 0 Å². The van der Waals surface area contributed by atoms with E-state index < -0.39 is 0 Å². The maximum atomic E-state index is 5.55. The Balaban J connectivity index is 2.36. The molecule has 4 nitrogen and oxygen atoms in total. The third-order valence-electron chi connectivity index (χ3n) is 3.48. The Morgan fingerprint density at radius 3 is 2.62 bits per heavy atom. The molecular formula is C17H23N3O. The van der Waals surface area contributed by atoms with Gasteiger partial charge in [0.1, 0.15) is 5.75 Å². The first-order chi connectivity index (χ1) is 10.2. The zero-order valence-corrected chi connectivity index (χ0v) is 13.2. The predicted molar refractivity (Wildman–Crippen MR) is 86.9 cm³/mol. The van der Waals surface area contributed by atoms with Crippen molar-refractivity contribution < 1.29 is 4.74 Å². The molecule has 0 aliphatic rings. The number of anilines is 1. The highest BCUT2D eigenvalue weighted by Crippen LogP contribution is 2.28. The lowest BCUT2D eigenvalue weighted by Gasteiger charge is -2.13. The van der Waals surface area contributed by atoms with Crippen molar-refractivity contribution in [2.45, 2.75) is 34.1 Å². The van der Waals surface area contributed by atoms with Crippen LogP contribution in [0, 0.1) is 13.8 Å². The Labute approximate surface area is 126 Å². The van der Waals surface area contributed by atoms with Gasteiger partial charge >= 0.3 is 0 Å². The van der Waals surface area contributed by atoms with E-state index in [2.05, 4.69) is 36.3 Å². The monoisotopic (exact) mass is 285 g/mol. The molecule has 4 heteroatoms. The second-order valence-corrected chi connectivity index (χ2v) is 5.03. The minimum atomic E-state index is 0.660. The number of hydrogen-bond donors (Lipinski definition) is 1. The summed E-state index contributed by atoms with van der Waals surface area (Å²) in [5.74, 6) is 1.74. The molecule has 21 heavy (non-hydrogen) atoms. The van der Waals surface area contributed by atoms with Crippen molar-refractivity contribution in [2.24, 2.45) is 0 Å². The number of hydrogen-bond acceptors (Lipinski definition) is 4. The van der Waals surface area contributed by atoms with E-state index in [1.54, 1.807) is 0 Å². The summed E-state index contributed by atoms with van der Waals surface area (Å²) < 4.78 is 5.55. The lowest BCUT2D eigenvalue weighted by Crippen LogP contribution is -2.07. The largest absolute Gasteiger partial charge is 0.494 e. The summed E-state index contributed by atoms with van der Waals surface area (Å²) in [6.07, 6.45) is 1.07. The first kappa shape index (κ1) is 15.3. The minimum absolute atomic E-state index is 0.660. The topological polar surface area (TPSA) is 47.0 Å². The molecule has 0 radical (unpaired) electrons. The van der Waals surface area contributed by atoms with Gasteiger partial charge in [-0.1, -0.05) is 19.1 Å². The standard InChI is InChI=1S/C17H23N3O/c1-5-10-18-17-13(4)12(3)16(19-20-17)14-8-7-9-15(11-14)21-6-2/h7-9,11H,5-6,10H2,1-4H3,(H,18,20). The van der Waals surface area contributed by atoms with E-state index in [9.17, 15) is 0 Å². The molecule has 0 unspecified atom stereocenters. The molecule has 2 rings (SSSR count). The molecule has 0 spiro atoms. The van der Waals surface area contributed by atoms with Crippen LogP contribution in [0.3, 0.4) is 0 Å². The molecule has 1 aromatic heterocycles. The third kappa shape index (κ3) is 3.51. The highest BCUT2D eigenvalue weighted by molar-refractivity contribution is 5.67. The van der Waals surface area contributed by atoms with Crippen LogP contribution in [0.15, 0.2) is 24.3 Å². The lowest BCUT2D eigenvalue weighted by molar-refractivity contribution is 0.340. The molecule has 0 saturated heterocycles. The van der Waals surface area contributed by atoms with Gasteiger partial charge in [0.25, 0.3) is 0 Å². The Morgan fingerprint density at radius 2 is 1.90 bits per heavy atom. The summed E-state index contributed by atoms with van der Waals surface area (Å²) in [4.78, 5) is 0. The fourth-order valence-electron chi connectivity index (χ4n) is 2.19. The smallest absolute Gasteiger partial charge is 0.151 e. The summed E-state index contributed by atoms with van der Waals surface area (Å²) >= 11 is 0. The second kappa shape index (κ2) is 7.07. The maximum absolute atomic E-state index is 5.55. The average Bonchev–Trinajstić information content (AvgIpc) is 2.49. The van der Waals surface area contributed by atoms with Gasteiger partial charge in [0.05, 0.1) is 12.3 Å². The molecule has 0 bridgehead atoms. The molecule has 0 aliphatic heterocycles. The van der Waals surface area contributed by atoms with Crippen molar-refractivity contribution >= 4 is 5.82 Å². The van der Waals surface area contributed by atoms with E-state index in [4.69, 9.17) is 4.74 Å². The molecule has 1 heterocycles. The molecule has 0 amide bonds. The van der Waals surface area contributed by atoms with E-state index in [-0.39, 0.29) is 0 Å². The number of nitrogens with zero attached hydrogens (tertiary/aromatic N) is 2. The van der Waals surface area contributed by atoms with E-state index in [1.807, 2.05) is 31.2 Å². The number of ether oxygens (including phenoxy) is 1. The molecule has 0 saturated carbocycles. The van der Waals surface area contributed by atoms with Crippen LogP contribution in [-0.2, 0) is 0 Å². The van der Waals surface area contributed by atoms with Crippen molar-refractivity contribution in [3.63, 3.8) is 0 Å². The minimum Gasteiger partial charge on any atom is -0.494 e. The molecule has 0 aliphatic carbocycles. The van der Waals surface area contributed by atoms with Crippen LogP contribution in [0.2, 0.25) is 0 Å². The van der Waals surface area contributed by atoms with E-state index in [0.29, 0.717) is 6.61 Å². The van der Waals surface area contributed by atoms with Gasteiger partial charge < -0.3 is 10.1 Å². The van der Waals surface area contributed by atoms with Gasteiger partial charge in [0.2, 0.25) is 0 Å². The maximum Gasteiger partial charge on any atom is 0.151 e. The Hall–Kier alpha value is -2.10. The van der Waals surface area contributed by atoms with Crippen molar-refractivity contribution in [1.82, 2.24) is 10.2 Å². The lowest BCUT2D eigenvalue weighted by atomic mass is 10.0. The molecule has 0 atom stereocenters. The second-order valence-electron chi connectivity index (χ2n) is 5.03. The average molecular weight is 285 g/mol. The highest BCUT2D eigenvalue weighted by Gasteiger charge is 2.11. The fourth-order valence-corrected chi connectivity index (χ4v) is 2.19. The zero-order chi connectivity index (χ0) is 15.2. The van der Waals surface area contributed by atoms with Gasteiger partial charge in [-0.15, -0.1) is 10.2 Å². The zero-order valence-electron chi connectivity index (χ0n) is 13.2. The van der Waals surface area contributed by atoms with Gasteiger partial charge in [0, 0.05) is 12.1 Å². The van der Waals surface area contributed by atoms with Gasteiger partial charge in [0.15, 0.2) is 5.82 Å². The third-order valence-corrected chi connectivity index (χ3v) is 3.48. The Morgan fingerprint density at radius 1 is 1.10 bits per heavy atom. The molecule has 2 aromatic rings. The summed E-state index contributed by atoms with van der Waals surface area (Å²) in [7, 11) is 0. The summed E-state index contributed by atoms with van der Waals surface area (Å²) in [6, 6.07) is 8.00. The van der Waals surface area contributed by atoms with E-state index >= 15 is 0 Å². The van der Waals surface area contributed by atoms with E-state index in [1.165, 1.54) is 0 Å². The van der Waals surface area contributed by atoms with Gasteiger partial charge in [-0.2, -0.15) is 0 Å². The number of nitrogens with one attached hydrogen (secondary N) is 1. The van der Waals surface area contributed by atoms with Crippen LogP contribution in [0.25, 0.3) is 11.3 Å². The SMILES string of the molecule is CCCNc1nnc(-c2cccc(OCC)c2)c(C)c1C. The highest BCUT2D eigenvalue weighted by atomic mass is 16.5. The van der Waals surface area contributed by atoms with Gasteiger partial charge in [-0.25, -0.2) is 0 Å². The van der Waals surface area contributed by atoms with Crippen molar-refractivity contribution in [3.8, 4) is 17.0 Å². The molecule has 1 N–H and O–H groups in total. The van der Waals surface area contributed by atoms with Crippen molar-refractivity contribution in [2.75, 3.05) is 18.5 Å². The Bertz CT molecular complexity index is 611.